The number of ether oxygens (including phenoxy) is 1. The highest BCUT2D eigenvalue weighted by Crippen LogP contribution is 2.06. The Morgan fingerprint density at radius 3 is 2.31 bits per heavy atom. The van der Waals surface area contributed by atoms with Crippen LogP contribution in [0.15, 0.2) is 0 Å². The average molecular weight is 191 g/mol. The molecule has 0 aromatic carbocycles. The molecule has 0 aromatic rings. The van der Waals surface area contributed by atoms with Crippen LogP contribution in [0, 0.1) is 0 Å². The minimum Gasteiger partial charge on any atom is -0.473 e. The number of piperidine rings is 1. The van der Waals surface area contributed by atoms with Gasteiger partial charge in [0, 0.05) is 0 Å². The molecule has 0 spiro atoms. The molecule has 0 radical (unpaired) electrons. The summed E-state index contributed by atoms with van der Waals surface area (Å²) in [5.41, 5.74) is 0. The van der Waals surface area contributed by atoms with Gasteiger partial charge >= 0.3 is 11.9 Å². The topological polar surface area (TPSA) is 107 Å². The summed E-state index contributed by atoms with van der Waals surface area (Å²) in [5, 5.41) is 11.3. The molecule has 6 heteroatoms. The maximum absolute atomic E-state index is 10.6. The van der Waals surface area contributed by atoms with E-state index in [1.165, 1.54) is 0 Å². The maximum atomic E-state index is 10.6. The summed E-state index contributed by atoms with van der Waals surface area (Å²) in [6.45, 7) is 1.55. The zero-order valence-electron chi connectivity index (χ0n) is 7.08. The van der Waals surface area contributed by atoms with Crippen molar-refractivity contribution in [2.75, 3.05) is 13.1 Å². The number of esters is 1. The average Bonchev–Trinajstić information content (AvgIpc) is 2.06. The van der Waals surface area contributed by atoms with Crippen LogP contribution in [-0.4, -0.2) is 41.7 Å². The lowest BCUT2D eigenvalue weighted by atomic mass is 10.1. The smallest absolute Gasteiger partial charge is 0.417 e. The van der Waals surface area contributed by atoms with Gasteiger partial charge in [-0.2, -0.15) is 0 Å². The molecule has 0 unspecified atom stereocenters. The van der Waals surface area contributed by atoms with E-state index in [1.54, 1.807) is 0 Å². The monoisotopic (exact) mass is 191 g/mol. The van der Waals surface area contributed by atoms with Crippen LogP contribution in [0.2, 0.25) is 0 Å². The van der Waals surface area contributed by atoms with Crippen LogP contribution in [0.1, 0.15) is 12.8 Å². The van der Waals surface area contributed by atoms with E-state index in [9.17, 15) is 9.59 Å². The molecule has 76 valence electrons. The van der Waals surface area contributed by atoms with Gasteiger partial charge in [0.2, 0.25) is 0 Å². The van der Waals surface area contributed by atoms with Gasteiger partial charge < -0.3 is 20.6 Å². The third kappa shape index (κ3) is 3.86. The number of carboxylic acid groups (broad SMARTS) is 1. The number of nitrogens with one attached hydrogen (secondary N) is 1. The van der Waals surface area contributed by atoms with E-state index in [2.05, 4.69) is 10.1 Å². The van der Waals surface area contributed by atoms with Crippen LogP contribution in [0.3, 0.4) is 0 Å². The number of rotatable bonds is 1. The van der Waals surface area contributed by atoms with Gasteiger partial charge in [-0.1, -0.05) is 0 Å². The summed E-state index contributed by atoms with van der Waals surface area (Å²) >= 11 is 0. The van der Waals surface area contributed by atoms with E-state index in [1.807, 2.05) is 0 Å². The van der Waals surface area contributed by atoms with E-state index < -0.39 is 11.9 Å². The molecule has 0 aliphatic carbocycles. The third-order valence-corrected chi connectivity index (χ3v) is 1.73. The fraction of sp³-hybridized carbons (Fsp3) is 0.714. The van der Waals surface area contributed by atoms with Crippen LogP contribution >= 0.6 is 0 Å². The van der Waals surface area contributed by atoms with E-state index in [0.717, 1.165) is 13.1 Å². The zero-order chi connectivity index (χ0) is 8.97. The summed E-state index contributed by atoms with van der Waals surface area (Å²) < 4.78 is 4.67. The highest BCUT2D eigenvalue weighted by Gasteiger charge is 2.21. The van der Waals surface area contributed by atoms with Crippen molar-refractivity contribution >= 4 is 11.9 Å². The van der Waals surface area contributed by atoms with Crippen molar-refractivity contribution in [1.29, 1.82) is 0 Å². The first-order valence-electron chi connectivity index (χ1n) is 3.85. The number of carbonyl (C=O) groups excluding carboxylic acids is 1. The van der Waals surface area contributed by atoms with E-state index in [0.29, 0.717) is 12.8 Å². The lowest BCUT2D eigenvalue weighted by molar-refractivity contribution is -0.168. The molecule has 4 N–H and O–H groups in total. The number of carbonyl (C=O) groups is 2. The Balaban J connectivity index is 0.00000144. The summed E-state index contributed by atoms with van der Waals surface area (Å²) in [6.07, 6.45) is 1.16. The normalized spacial score (nSPS) is 17.2. The Hall–Kier alpha value is -1.14. The predicted molar refractivity (Wildman–Crippen MR) is 43.2 cm³/mol. The molecular formula is C7H13NO5. The second kappa shape index (κ2) is 5.50. The highest BCUT2D eigenvalue weighted by molar-refractivity contribution is 6.28. The van der Waals surface area contributed by atoms with Crippen LogP contribution in [0.5, 0.6) is 0 Å². The Morgan fingerprint density at radius 2 is 1.85 bits per heavy atom. The molecule has 0 bridgehead atoms. The minimum atomic E-state index is -1.52. The number of carboxylic acids is 1. The lowest BCUT2D eigenvalue weighted by Crippen LogP contribution is -2.35. The van der Waals surface area contributed by atoms with E-state index in [4.69, 9.17) is 5.11 Å². The van der Waals surface area contributed by atoms with Crippen molar-refractivity contribution in [3.63, 3.8) is 0 Å². The van der Waals surface area contributed by atoms with Crippen molar-refractivity contribution in [3.05, 3.63) is 0 Å². The van der Waals surface area contributed by atoms with E-state index >= 15 is 0 Å². The van der Waals surface area contributed by atoms with Crippen molar-refractivity contribution in [2.24, 2.45) is 0 Å². The molecule has 1 rings (SSSR count). The van der Waals surface area contributed by atoms with Crippen molar-refractivity contribution in [3.8, 4) is 0 Å². The number of hydrogen-bond donors (Lipinski definition) is 2. The molecule has 6 nitrogen and oxygen atoms in total. The molecule has 0 saturated carbocycles. The van der Waals surface area contributed by atoms with Crippen LogP contribution < -0.4 is 5.32 Å². The molecule has 0 atom stereocenters. The summed E-state index contributed by atoms with van der Waals surface area (Å²) in [6, 6.07) is 0. The fourth-order valence-corrected chi connectivity index (χ4v) is 1.12. The first kappa shape index (κ1) is 11.9. The molecule has 0 amide bonds. The standard InChI is InChI=1S/C7H11NO4.H2O/c9-6(10)7(11)12-5-1-3-8-4-2-5;/h5,8H,1-4H2,(H,9,10);1H2. The lowest BCUT2D eigenvalue weighted by Gasteiger charge is -2.21. The van der Waals surface area contributed by atoms with Gasteiger partial charge in [-0.05, 0) is 25.9 Å². The molecule has 13 heavy (non-hydrogen) atoms. The second-order valence-electron chi connectivity index (χ2n) is 2.66. The van der Waals surface area contributed by atoms with Gasteiger partial charge in [-0.15, -0.1) is 0 Å². The van der Waals surface area contributed by atoms with E-state index in [-0.39, 0.29) is 11.6 Å². The van der Waals surface area contributed by atoms with Crippen molar-refractivity contribution in [2.45, 2.75) is 18.9 Å². The number of hydrogen-bond acceptors (Lipinski definition) is 4. The molecule has 1 heterocycles. The molecule has 1 aliphatic heterocycles. The molecule has 1 saturated heterocycles. The zero-order valence-corrected chi connectivity index (χ0v) is 7.08. The second-order valence-corrected chi connectivity index (χ2v) is 2.66. The van der Waals surface area contributed by atoms with Gasteiger partial charge in [0.25, 0.3) is 0 Å². The minimum absolute atomic E-state index is 0. The van der Waals surface area contributed by atoms with Crippen LogP contribution in [0.25, 0.3) is 0 Å². The Bertz CT molecular complexity index is 187. The van der Waals surface area contributed by atoms with Gasteiger partial charge in [-0.25, -0.2) is 9.59 Å². The van der Waals surface area contributed by atoms with Gasteiger partial charge in [-0.3, -0.25) is 0 Å². The van der Waals surface area contributed by atoms with Crippen LogP contribution in [0.4, 0.5) is 0 Å². The Labute approximate surface area is 75.2 Å². The van der Waals surface area contributed by atoms with Gasteiger partial charge in [0.15, 0.2) is 0 Å². The quantitative estimate of drug-likeness (QED) is 0.389. The van der Waals surface area contributed by atoms with Crippen LogP contribution in [-0.2, 0) is 14.3 Å². The predicted octanol–water partition coefficient (Wildman–Crippen LogP) is -1.46. The molecular weight excluding hydrogens is 178 g/mol. The summed E-state index contributed by atoms with van der Waals surface area (Å²) in [7, 11) is 0. The van der Waals surface area contributed by atoms with Gasteiger partial charge in [0.05, 0.1) is 0 Å². The molecule has 1 aliphatic rings. The summed E-state index contributed by atoms with van der Waals surface area (Å²) in [5.74, 6) is -2.67. The first-order valence-corrected chi connectivity index (χ1v) is 3.85. The number of aliphatic carboxylic acids is 1. The largest absolute Gasteiger partial charge is 0.473 e. The maximum Gasteiger partial charge on any atom is 0.417 e. The third-order valence-electron chi connectivity index (χ3n) is 1.73. The summed E-state index contributed by atoms with van der Waals surface area (Å²) in [4.78, 5) is 20.7. The highest BCUT2D eigenvalue weighted by atomic mass is 16.6. The molecule has 0 aromatic heterocycles. The molecule has 1 fully saturated rings. The fourth-order valence-electron chi connectivity index (χ4n) is 1.12. The first-order chi connectivity index (χ1) is 5.70. The SMILES string of the molecule is O.O=C(O)C(=O)OC1CCNCC1. The Kier molecular flexibility index (Phi) is 5.01. The Morgan fingerprint density at radius 1 is 1.31 bits per heavy atom. The van der Waals surface area contributed by atoms with Gasteiger partial charge in [0.1, 0.15) is 6.10 Å². The van der Waals surface area contributed by atoms with Crippen molar-refractivity contribution < 1.29 is 24.9 Å². The van der Waals surface area contributed by atoms with Crippen molar-refractivity contribution in [1.82, 2.24) is 5.32 Å².